The Morgan fingerprint density at radius 2 is 1.86 bits per heavy atom. The number of benzene rings is 2. The maximum Gasteiger partial charge on any atom is 0.276 e. The lowest BCUT2D eigenvalue weighted by molar-refractivity contribution is -0.122. The molecule has 1 aliphatic rings. The van der Waals surface area contributed by atoms with Crippen molar-refractivity contribution in [1.29, 1.82) is 0 Å². The van der Waals surface area contributed by atoms with Gasteiger partial charge in [0.2, 0.25) is 0 Å². The standard InChI is InChI=1S/C21H21FN2O3S/c1-4-24-20(25)17(23(2)21(24)28)11-15-7-10-18(19(12-15)26-3)27-13-14-5-8-16(22)9-6-14/h5-12H,4,13H2,1-3H3/b17-11+. The lowest BCUT2D eigenvalue weighted by atomic mass is 10.1. The van der Waals surface area contributed by atoms with E-state index in [1.165, 1.54) is 12.1 Å². The third kappa shape index (κ3) is 3.99. The molecule has 0 spiro atoms. The number of carbonyl (C=O) groups is 1. The van der Waals surface area contributed by atoms with E-state index in [1.54, 1.807) is 54.3 Å². The van der Waals surface area contributed by atoms with E-state index in [1.807, 2.05) is 13.0 Å². The molecular weight excluding hydrogens is 379 g/mol. The Morgan fingerprint density at radius 1 is 1.14 bits per heavy atom. The lowest BCUT2D eigenvalue weighted by Crippen LogP contribution is -2.30. The molecule has 0 unspecified atom stereocenters. The van der Waals surface area contributed by atoms with E-state index in [0.717, 1.165) is 11.1 Å². The first-order chi connectivity index (χ1) is 13.4. The van der Waals surface area contributed by atoms with E-state index in [-0.39, 0.29) is 18.3 Å². The number of nitrogens with zero attached hydrogens (tertiary/aromatic N) is 2. The van der Waals surface area contributed by atoms with E-state index < -0.39 is 0 Å². The van der Waals surface area contributed by atoms with Gasteiger partial charge in [-0.25, -0.2) is 4.39 Å². The molecule has 1 fully saturated rings. The van der Waals surface area contributed by atoms with Gasteiger partial charge in [0.1, 0.15) is 18.1 Å². The minimum Gasteiger partial charge on any atom is -0.493 e. The molecule has 0 aliphatic carbocycles. The molecule has 0 atom stereocenters. The number of ether oxygens (including phenoxy) is 2. The highest BCUT2D eigenvalue weighted by atomic mass is 32.1. The number of methoxy groups -OCH3 is 1. The van der Waals surface area contributed by atoms with Crippen LogP contribution in [0.4, 0.5) is 4.39 Å². The second-order valence-corrected chi connectivity index (χ2v) is 6.61. The Labute approximate surface area is 169 Å². The zero-order chi connectivity index (χ0) is 20.3. The van der Waals surface area contributed by atoms with Crippen LogP contribution >= 0.6 is 12.2 Å². The molecule has 2 aromatic carbocycles. The number of hydrogen-bond acceptors (Lipinski definition) is 4. The molecule has 5 nitrogen and oxygen atoms in total. The fourth-order valence-corrected chi connectivity index (χ4v) is 3.19. The van der Waals surface area contributed by atoms with Gasteiger partial charge in [-0.1, -0.05) is 18.2 Å². The first-order valence-corrected chi connectivity index (χ1v) is 9.22. The summed E-state index contributed by atoms with van der Waals surface area (Å²) in [5.74, 6) is 0.696. The van der Waals surface area contributed by atoms with Gasteiger partial charge in [0, 0.05) is 13.6 Å². The van der Waals surface area contributed by atoms with Crippen LogP contribution in [0.25, 0.3) is 6.08 Å². The van der Waals surface area contributed by atoms with Gasteiger partial charge in [-0.15, -0.1) is 0 Å². The Hall–Kier alpha value is -2.93. The number of likely N-dealkylation sites (N-methyl/N-ethyl adjacent to an activating group) is 2. The molecule has 0 bridgehead atoms. The monoisotopic (exact) mass is 400 g/mol. The van der Waals surface area contributed by atoms with Crippen molar-refractivity contribution in [3.05, 3.63) is 65.1 Å². The zero-order valence-electron chi connectivity index (χ0n) is 15.9. The fourth-order valence-electron chi connectivity index (χ4n) is 2.88. The quantitative estimate of drug-likeness (QED) is 0.545. The van der Waals surface area contributed by atoms with Gasteiger partial charge in [-0.05, 0) is 60.6 Å². The largest absolute Gasteiger partial charge is 0.493 e. The number of thiocarbonyl (C=S) groups is 1. The second-order valence-electron chi connectivity index (χ2n) is 6.25. The molecule has 1 amide bonds. The molecule has 0 aromatic heterocycles. The fraction of sp³-hybridized carbons (Fsp3) is 0.238. The van der Waals surface area contributed by atoms with Gasteiger partial charge in [-0.2, -0.15) is 0 Å². The summed E-state index contributed by atoms with van der Waals surface area (Å²) >= 11 is 5.31. The van der Waals surface area contributed by atoms with Crippen LogP contribution in [-0.4, -0.2) is 41.5 Å². The van der Waals surface area contributed by atoms with Crippen LogP contribution in [0.3, 0.4) is 0 Å². The first kappa shape index (κ1) is 19.8. The van der Waals surface area contributed by atoms with Crippen molar-refractivity contribution in [2.45, 2.75) is 13.5 Å². The SMILES string of the molecule is CCN1C(=O)/C(=C\c2ccc(OCc3ccc(F)cc3)c(OC)c2)N(C)C1=S. The van der Waals surface area contributed by atoms with Gasteiger partial charge in [0.05, 0.1) is 7.11 Å². The highest BCUT2D eigenvalue weighted by molar-refractivity contribution is 7.80. The molecule has 1 aliphatic heterocycles. The van der Waals surface area contributed by atoms with Crippen molar-refractivity contribution in [2.24, 2.45) is 0 Å². The molecule has 0 N–H and O–H groups in total. The highest BCUT2D eigenvalue weighted by Crippen LogP contribution is 2.31. The van der Waals surface area contributed by atoms with Crippen LogP contribution in [0.2, 0.25) is 0 Å². The van der Waals surface area contributed by atoms with Crippen molar-refractivity contribution < 1.29 is 18.7 Å². The number of amides is 1. The molecule has 0 radical (unpaired) electrons. The van der Waals surface area contributed by atoms with Crippen LogP contribution < -0.4 is 9.47 Å². The van der Waals surface area contributed by atoms with Gasteiger partial charge in [0.15, 0.2) is 16.6 Å². The van der Waals surface area contributed by atoms with Crippen molar-refractivity contribution in [1.82, 2.24) is 9.80 Å². The number of hydrogen-bond donors (Lipinski definition) is 0. The topological polar surface area (TPSA) is 42.0 Å². The predicted octanol–water partition coefficient (Wildman–Crippen LogP) is 3.83. The minimum atomic E-state index is -0.286. The maximum absolute atomic E-state index is 13.0. The van der Waals surface area contributed by atoms with Crippen molar-refractivity contribution in [2.75, 3.05) is 20.7 Å². The van der Waals surface area contributed by atoms with Crippen LogP contribution in [0, 0.1) is 5.82 Å². The van der Waals surface area contributed by atoms with E-state index in [4.69, 9.17) is 21.7 Å². The Balaban J connectivity index is 1.80. The Kier molecular flexibility index (Phi) is 5.94. The molecule has 1 heterocycles. The highest BCUT2D eigenvalue weighted by Gasteiger charge is 2.34. The number of rotatable bonds is 6. The van der Waals surface area contributed by atoms with Crippen LogP contribution in [0.5, 0.6) is 11.5 Å². The van der Waals surface area contributed by atoms with Crippen molar-refractivity contribution >= 4 is 29.3 Å². The molecule has 0 saturated carbocycles. The first-order valence-electron chi connectivity index (χ1n) is 8.81. The molecule has 3 rings (SSSR count). The van der Waals surface area contributed by atoms with E-state index in [0.29, 0.717) is 28.9 Å². The van der Waals surface area contributed by atoms with Crippen molar-refractivity contribution in [3.63, 3.8) is 0 Å². The molecular formula is C21H21FN2O3S. The summed E-state index contributed by atoms with van der Waals surface area (Å²) in [5.41, 5.74) is 2.15. The summed E-state index contributed by atoms with van der Waals surface area (Å²) in [7, 11) is 3.33. The number of carbonyl (C=O) groups excluding carboxylic acids is 1. The van der Waals surface area contributed by atoms with Gasteiger partial charge >= 0.3 is 0 Å². The summed E-state index contributed by atoms with van der Waals surface area (Å²) < 4.78 is 24.2. The zero-order valence-corrected chi connectivity index (χ0v) is 16.8. The lowest BCUT2D eigenvalue weighted by Gasteiger charge is -2.14. The number of halogens is 1. The third-order valence-corrected chi connectivity index (χ3v) is 4.95. The average Bonchev–Trinajstić information content (AvgIpc) is 2.90. The summed E-state index contributed by atoms with van der Waals surface area (Å²) in [6, 6.07) is 11.5. The van der Waals surface area contributed by atoms with Gasteiger partial charge < -0.3 is 14.4 Å². The molecule has 146 valence electrons. The summed E-state index contributed by atoms with van der Waals surface area (Å²) in [4.78, 5) is 15.8. The van der Waals surface area contributed by atoms with Gasteiger partial charge in [0.25, 0.3) is 5.91 Å². The van der Waals surface area contributed by atoms with Crippen LogP contribution in [0.15, 0.2) is 48.2 Å². The summed E-state index contributed by atoms with van der Waals surface area (Å²) in [6.07, 6.45) is 1.77. The van der Waals surface area contributed by atoms with E-state index in [9.17, 15) is 9.18 Å². The molecule has 1 saturated heterocycles. The molecule has 2 aromatic rings. The maximum atomic E-state index is 13.0. The third-order valence-electron chi connectivity index (χ3n) is 4.46. The van der Waals surface area contributed by atoms with E-state index >= 15 is 0 Å². The van der Waals surface area contributed by atoms with Crippen LogP contribution in [-0.2, 0) is 11.4 Å². The second kappa shape index (κ2) is 8.39. The van der Waals surface area contributed by atoms with Crippen molar-refractivity contribution in [3.8, 4) is 11.5 Å². The smallest absolute Gasteiger partial charge is 0.276 e. The predicted molar refractivity (Wildman–Crippen MR) is 109 cm³/mol. The Bertz CT molecular complexity index is 928. The minimum absolute atomic E-state index is 0.120. The van der Waals surface area contributed by atoms with E-state index in [2.05, 4.69) is 0 Å². The molecule has 7 heteroatoms. The summed E-state index contributed by atoms with van der Waals surface area (Å²) in [5, 5.41) is 0.491. The van der Waals surface area contributed by atoms with Gasteiger partial charge in [-0.3, -0.25) is 9.69 Å². The summed E-state index contributed by atoms with van der Waals surface area (Å²) in [6.45, 7) is 2.70. The van der Waals surface area contributed by atoms with Crippen LogP contribution in [0.1, 0.15) is 18.1 Å². The normalized spacial score (nSPS) is 15.5. The Morgan fingerprint density at radius 3 is 2.46 bits per heavy atom. The molecule has 28 heavy (non-hydrogen) atoms. The average molecular weight is 400 g/mol.